The Hall–Kier alpha value is -2.77. The lowest BCUT2D eigenvalue weighted by Crippen LogP contribution is -2.48. The third-order valence-electron chi connectivity index (χ3n) is 7.26. The standard InChI is InChI=1S/C29H42N4O3/c1-30-15-19-32(20-16-30)27-12-6-8-14-29(27)36-23-9-3-4-10-25(34)24-31-17-21-33(22-18-31)26-11-5-7-13-28(26)35-2/h5-8,11-14H,3-4,9-10,15-24H2,1-2H3. The van der Waals surface area contributed by atoms with Crippen LogP contribution in [0.15, 0.2) is 48.5 Å². The molecule has 2 heterocycles. The maximum Gasteiger partial charge on any atom is 0.146 e. The highest BCUT2D eigenvalue weighted by Gasteiger charge is 2.21. The molecule has 0 saturated carbocycles. The molecule has 0 bridgehead atoms. The van der Waals surface area contributed by atoms with E-state index in [0.29, 0.717) is 25.4 Å². The third-order valence-corrected chi connectivity index (χ3v) is 7.26. The van der Waals surface area contributed by atoms with Gasteiger partial charge in [0, 0.05) is 58.8 Å². The number of ether oxygens (including phenoxy) is 2. The number of ketones is 1. The SMILES string of the molecule is COc1ccccc1N1CCN(CC(=O)CCCCCOc2ccccc2N2CCN(C)CC2)CC1. The van der Waals surface area contributed by atoms with Crippen LogP contribution in [0.5, 0.6) is 11.5 Å². The molecule has 0 aromatic heterocycles. The van der Waals surface area contributed by atoms with E-state index in [4.69, 9.17) is 9.47 Å². The Labute approximate surface area is 216 Å². The molecule has 2 aromatic carbocycles. The first-order valence-electron chi connectivity index (χ1n) is 13.4. The fourth-order valence-corrected chi connectivity index (χ4v) is 5.04. The van der Waals surface area contributed by atoms with Crippen molar-refractivity contribution in [1.29, 1.82) is 0 Å². The molecule has 7 nitrogen and oxygen atoms in total. The molecular formula is C29H42N4O3. The van der Waals surface area contributed by atoms with E-state index in [9.17, 15) is 4.79 Å². The summed E-state index contributed by atoms with van der Waals surface area (Å²) in [5.74, 6) is 2.24. The Morgan fingerprint density at radius 1 is 0.750 bits per heavy atom. The molecule has 0 amide bonds. The molecule has 2 fully saturated rings. The number of anilines is 2. The van der Waals surface area contributed by atoms with Gasteiger partial charge in [-0.15, -0.1) is 0 Å². The second-order valence-corrected chi connectivity index (χ2v) is 9.89. The molecule has 0 aliphatic carbocycles. The van der Waals surface area contributed by atoms with Crippen LogP contribution in [0.25, 0.3) is 0 Å². The van der Waals surface area contributed by atoms with Gasteiger partial charge < -0.3 is 24.2 Å². The number of unbranched alkanes of at least 4 members (excludes halogenated alkanes) is 2. The first-order chi connectivity index (χ1) is 17.6. The van der Waals surface area contributed by atoms with Crippen LogP contribution in [0, 0.1) is 0 Å². The first kappa shape index (κ1) is 26.3. The topological polar surface area (TPSA) is 48.5 Å². The van der Waals surface area contributed by atoms with Crippen molar-refractivity contribution in [2.24, 2.45) is 0 Å². The maximum atomic E-state index is 12.5. The minimum Gasteiger partial charge on any atom is -0.495 e. The van der Waals surface area contributed by atoms with Crippen LogP contribution in [0.1, 0.15) is 25.7 Å². The zero-order valence-electron chi connectivity index (χ0n) is 22.0. The highest BCUT2D eigenvalue weighted by molar-refractivity contribution is 5.80. The molecule has 2 saturated heterocycles. The lowest BCUT2D eigenvalue weighted by Gasteiger charge is -2.36. The fourth-order valence-electron chi connectivity index (χ4n) is 5.04. The zero-order chi connectivity index (χ0) is 25.2. The highest BCUT2D eigenvalue weighted by atomic mass is 16.5. The van der Waals surface area contributed by atoms with Gasteiger partial charge in [0.25, 0.3) is 0 Å². The highest BCUT2D eigenvalue weighted by Crippen LogP contribution is 2.29. The zero-order valence-corrected chi connectivity index (χ0v) is 22.0. The molecule has 0 radical (unpaired) electrons. The first-order valence-corrected chi connectivity index (χ1v) is 13.4. The van der Waals surface area contributed by atoms with E-state index >= 15 is 0 Å². The number of nitrogens with zero attached hydrogens (tertiary/aromatic N) is 4. The van der Waals surface area contributed by atoms with E-state index in [0.717, 1.165) is 88.8 Å². The smallest absolute Gasteiger partial charge is 0.146 e. The Kier molecular flexibility index (Phi) is 9.87. The van der Waals surface area contributed by atoms with Gasteiger partial charge in [-0.25, -0.2) is 0 Å². The number of hydrogen-bond acceptors (Lipinski definition) is 7. The number of rotatable bonds is 12. The average Bonchev–Trinajstić information content (AvgIpc) is 2.92. The van der Waals surface area contributed by atoms with Gasteiger partial charge in [0.2, 0.25) is 0 Å². The van der Waals surface area contributed by atoms with Gasteiger partial charge in [-0.1, -0.05) is 24.3 Å². The van der Waals surface area contributed by atoms with E-state index in [1.54, 1.807) is 7.11 Å². The molecule has 2 aliphatic rings. The van der Waals surface area contributed by atoms with Crippen LogP contribution in [0.4, 0.5) is 11.4 Å². The molecule has 0 atom stereocenters. The molecular weight excluding hydrogens is 452 g/mol. The fraction of sp³-hybridized carbons (Fsp3) is 0.552. The summed E-state index contributed by atoms with van der Waals surface area (Å²) in [5, 5.41) is 0. The monoisotopic (exact) mass is 494 g/mol. The van der Waals surface area contributed by atoms with Crippen LogP contribution in [-0.4, -0.2) is 95.3 Å². The molecule has 196 valence electrons. The van der Waals surface area contributed by atoms with Gasteiger partial charge in [0.15, 0.2) is 0 Å². The molecule has 2 aliphatic heterocycles. The molecule has 0 N–H and O–H groups in total. The summed E-state index contributed by atoms with van der Waals surface area (Å²) >= 11 is 0. The molecule has 7 heteroatoms. The summed E-state index contributed by atoms with van der Waals surface area (Å²) in [6.07, 6.45) is 3.58. The Morgan fingerprint density at radius 3 is 2.00 bits per heavy atom. The van der Waals surface area contributed by atoms with Crippen molar-refractivity contribution in [3.63, 3.8) is 0 Å². The van der Waals surface area contributed by atoms with Crippen LogP contribution in [0.3, 0.4) is 0 Å². The normalized spacial score (nSPS) is 17.3. The Morgan fingerprint density at radius 2 is 1.33 bits per heavy atom. The van der Waals surface area contributed by atoms with Gasteiger partial charge in [-0.2, -0.15) is 0 Å². The number of piperazine rings is 2. The summed E-state index contributed by atoms with van der Waals surface area (Å²) in [4.78, 5) is 22.0. The number of hydrogen-bond donors (Lipinski definition) is 0. The summed E-state index contributed by atoms with van der Waals surface area (Å²) < 4.78 is 11.6. The molecule has 36 heavy (non-hydrogen) atoms. The van der Waals surface area contributed by atoms with Gasteiger partial charge in [0.1, 0.15) is 17.3 Å². The predicted octanol–water partition coefficient (Wildman–Crippen LogP) is 3.78. The molecule has 0 unspecified atom stereocenters. The van der Waals surface area contributed by atoms with Crippen molar-refractivity contribution in [1.82, 2.24) is 9.80 Å². The van der Waals surface area contributed by atoms with Crippen LogP contribution in [-0.2, 0) is 4.79 Å². The second kappa shape index (κ2) is 13.5. The van der Waals surface area contributed by atoms with E-state index in [1.807, 2.05) is 24.3 Å². The van der Waals surface area contributed by atoms with E-state index in [1.165, 1.54) is 5.69 Å². The van der Waals surface area contributed by atoms with Gasteiger partial charge >= 0.3 is 0 Å². The van der Waals surface area contributed by atoms with Gasteiger partial charge in [-0.05, 0) is 50.6 Å². The second-order valence-electron chi connectivity index (χ2n) is 9.89. The minimum atomic E-state index is 0.349. The summed E-state index contributed by atoms with van der Waals surface area (Å²) in [6, 6.07) is 16.5. The predicted molar refractivity (Wildman–Crippen MR) is 147 cm³/mol. The number of methoxy groups -OCH3 is 1. The van der Waals surface area contributed by atoms with Crippen LogP contribution >= 0.6 is 0 Å². The van der Waals surface area contributed by atoms with E-state index in [2.05, 4.69) is 50.9 Å². The molecule has 0 spiro atoms. The number of benzene rings is 2. The minimum absolute atomic E-state index is 0.349. The number of carbonyl (C=O) groups is 1. The summed E-state index contributed by atoms with van der Waals surface area (Å²) in [7, 11) is 3.89. The van der Waals surface area contributed by atoms with Crippen molar-refractivity contribution >= 4 is 17.2 Å². The Balaban J connectivity index is 1.10. The van der Waals surface area contributed by atoms with Gasteiger partial charge in [0.05, 0.1) is 31.6 Å². The quantitative estimate of drug-likeness (QED) is 0.416. The largest absolute Gasteiger partial charge is 0.495 e. The lowest BCUT2D eigenvalue weighted by molar-refractivity contribution is -0.120. The van der Waals surface area contributed by atoms with Crippen molar-refractivity contribution in [3.8, 4) is 11.5 Å². The van der Waals surface area contributed by atoms with E-state index < -0.39 is 0 Å². The number of para-hydroxylation sites is 4. The third kappa shape index (κ3) is 7.37. The van der Waals surface area contributed by atoms with Crippen molar-refractivity contribution in [3.05, 3.63) is 48.5 Å². The molecule has 4 rings (SSSR count). The number of carbonyl (C=O) groups excluding carboxylic acids is 1. The van der Waals surface area contributed by atoms with Crippen molar-refractivity contribution in [2.45, 2.75) is 25.7 Å². The van der Waals surface area contributed by atoms with Crippen molar-refractivity contribution in [2.75, 3.05) is 89.5 Å². The molecule has 2 aromatic rings. The average molecular weight is 495 g/mol. The maximum absolute atomic E-state index is 12.5. The van der Waals surface area contributed by atoms with E-state index in [-0.39, 0.29) is 0 Å². The van der Waals surface area contributed by atoms with Crippen LogP contribution < -0.4 is 19.3 Å². The van der Waals surface area contributed by atoms with Gasteiger partial charge in [-0.3, -0.25) is 9.69 Å². The summed E-state index contributed by atoms with van der Waals surface area (Å²) in [6.45, 7) is 9.15. The van der Waals surface area contributed by atoms with Crippen LogP contribution in [0.2, 0.25) is 0 Å². The van der Waals surface area contributed by atoms with Crippen molar-refractivity contribution < 1.29 is 14.3 Å². The Bertz CT molecular complexity index is 953. The number of likely N-dealkylation sites (N-methyl/N-ethyl adjacent to an activating group) is 1. The lowest BCUT2D eigenvalue weighted by atomic mass is 10.1. The summed E-state index contributed by atoms with van der Waals surface area (Å²) in [5.41, 5.74) is 2.34. The number of Topliss-reactive ketones (excluding diaryl/α,β-unsaturated/α-hetero) is 1.